The lowest BCUT2D eigenvalue weighted by molar-refractivity contribution is 0.0523. The van der Waals surface area contributed by atoms with Crippen molar-refractivity contribution in [2.45, 2.75) is 26.8 Å². The van der Waals surface area contributed by atoms with Gasteiger partial charge >= 0.3 is 5.97 Å². The standard InChI is InChI=1S/C26H25FN4O5/c1-3-35-14-8-13-31-22-19(25(33)30-12-6-5-11-21(30)28-22)16-20(26(34)36-4-2)23(31)29-24(32)17-9-7-10-18(27)15-17/h5-7,9-12,15-16H,3-4,8,13-14H2,1-2H3. The quantitative estimate of drug-likeness (QED) is 0.213. The zero-order chi connectivity index (χ0) is 25.7. The molecule has 9 nitrogen and oxygen atoms in total. The van der Waals surface area contributed by atoms with Gasteiger partial charge in [-0.05, 0) is 56.7 Å². The summed E-state index contributed by atoms with van der Waals surface area (Å²) in [6.45, 7) is 4.76. The van der Waals surface area contributed by atoms with Crippen molar-refractivity contribution < 1.29 is 23.5 Å². The highest BCUT2D eigenvalue weighted by molar-refractivity contribution is 5.97. The number of hydrogen-bond acceptors (Lipinski definition) is 6. The van der Waals surface area contributed by atoms with Crippen molar-refractivity contribution in [3.63, 3.8) is 0 Å². The van der Waals surface area contributed by atoms with Crippen LogP contribution in [0.25, 0.3) is 16.7 Å². The molecule has 0 aliphatic rings. The number of aromatic nitrogens is 3. The number of amides is 1. The first-order valence-electron chi connectivity index (χ1n) is 11.6. The monoisotopic (exact) mass is 492 g/mol. The lowest BCUT2D eigenvalue weighted by Crippen LogP contribution is -2.33. The number of esters is 1. The van der Waals surface area contributed by atoms with E-state index in [4.69, 9.17) is 9.47 Å². The van der Waals surface area contributed by atoms with Crippen LogP contribution in [0.4, 0.5) is 4.39 Å². The number of ether oxygens (including phenoxy) is 2. The van der Waals surface area contributed by atoms with E-state index >= 15 is 0 Å². The number of fused-ring (bicyclic) bond motifs is 2. The third kappa shape index (κ3) is 5.08. The van der Waals surface area contributed by atoms with E-state index in [-0.39, 0.29) is 46.4 Å². The molecule has 186 valence electrons. The Balaban J connectivity index is 2.06. The largest absolute Gasteiger partial charge is 0.462 e. The number of aryl methyl sites for hydroxylation is 1. The van der Waals surface area contributed by atoms with Gasteiger partial charge in [-0.25, -0.2) is 14.2 Å². The molecule has 0 saturated heterocycles. The van der Waals surface area contributed by atoms with Crippen LogP contribution in [-0.2, 0) is 16.0 Å². The van der Waals surface area contributed by atoms with Crippen molar-refractivity contribution in [2.75, 3.05) is 19.8 Å². The van der Waals surface area contributed by atoms with Crippen LogP contribution in [0, 0.1) is 5.82 Å². The second kappa shape index (κ2) is 11.0. The van der Waals surface area contributed by atoms with Gasteiger partial charge in [0.15, 0.2) is 5.49 Å². The number of carbonyl (C=O) groups is 2. The summed E-state index contributed by atoms with van der Waals surface area (Å²) >= 11 is 0. The molecule has 0 unspecified atom stereocenters. The summed E-state index contributed by atoms with van der Waals surface area (Å²) in [5.41, 5.74) is 0.167. The molecule has 0 fully saturated rings. The summed E-state index contributed by atoms with van der Waals surface area (Å²) < 4.78 is 27.3. The molecule has 0 aliphatic carbocycles. The fourth-order valence-electron chi connectivity index (χ4n) is 3.82. The normalized spacial score (nSPS) is 11.8. The van der Waals surface area contributed by atoms with E-state index in [9.17, 15) is 18.8 Å². The Morgan fingerprint density at radius 1 is 1.08 bits per heavy atom. The molecule has 0 atom stereocenters. The van der Waals surface area contributed by atoms with Crippen LogP contribution in [0.1, 0.15) is 41.0 Å². The van der Waals surface area contributed by atoms with Crippen molar-refractivity contribution in [3.05, 3.63) is 87.5 Å². The van der Waals surface area contributed by atoms with Crippen molar-refractivity contribution >= 4 is 28.6 Å². The molecular weight excluding hydrogens is 467 g/mol. The molecule has 0 radical (unpaired) electrons. The smallest absolute Gasteiger partial charge is 0.341 e. The topological polar surface area (TPSA) is 104 Å². The molecule has 0 saturated carbocycles. The first kappa shape index (κ1) is 24.9. The highest BCUT2D eigenvalue weighted by atomic mass is 19.1. The van der Waals surface area contributed by atoms with Crippen molar-refractivity contribution in [1.82, 2.24) is 14.0 Å². The van der Waals surface area contributed by atoms with Gasteiger partial charge < -0.3 is 14.0 Å². The Hall–Kier alpha value is -4.18. The molecule has 3 heterocycles. The predicted octanol–water partition coefficient (Wildman–Crippen LogP) is 3.13. The van der Waals surface area contributed by atoms with Gasteiger partial charge in [-0.1, -0.05) is 12.1 Å². The maximum atomic E-state index is 13.8. The molecule has 0 spiro atoms. The number of benzene rings is 1. The molecule has 3 aromatic heterocycles. The number of nitrogens with zero attached hydrogens (tertiary/aromatic N) is 4. The van der Waals surface area contributed by atoms with E-state index in [1.54, 1.807) is 35.9 Å². The van der Waals surface area contributed by atoms with Gasteiger partial charge in [-0.3, -0.25) is 14.0 Å². The first-order chi connectivity index (χ1) is 17.4. The van der Waals surface area contributed by atoms with Crippen LogP contribution in [-0.4, -0.2) is 45.6 Å². The summed E-state index contributed by atoms with van der Waals surface area (Å²) in [5.74, 6) is -2.09. The molecule has 4 rings (SSSR count). The van der Waals surface area contributed by atoms with Gasteiger partial charge in [-0.15, -0.1) is 0 Å². The average Bonchev–Trinajstić information content (AvgIpc) is 2.87. The van der Waals surface area contributed by atoms with Crippen LogP contribution >= 0.6 is 0 Å². The third-order valence-corrected chi connectivity index (χ3v) is 5.44. The van der Waals surface area contributed by atoms with Crippen LogP contribution in [0.2, 0.25) is 0 Å². The van der Waals surface area contributed by atoms with Crippen molar-refractivity contribution in [1.29, 1.82) is 0 Å². The van der Waals surface area contributed by atoms with Crippen LogP contribution < -0.4 is 11.0 Å². The SMILES string of the molecule is CCOCCCn1c(=NC(=O)c2cccc(F)c2)c(C(=O)OCC)cc2c(=O)n3ccccc3nc21. The van der Waals surface area contributed by atoms with Gasteiger partial charge in [0.2, 0.25) is 0 Å². The average molecular weight is 493 g/mol. The predicted molar refractivity (Wildman–Crippen MR) is 130 cm³/mol. The molecule has 4 aromatic rings. The summed E-state index contributed by atoms with van der Waals surface area (Å²) in [4.78, 5) is 48.2. The van der Waals surface area contributed by atoms with Crippen molar-refractivity contribution in [3.8, 4) is 0 Å². The molecule has 1 aromatic carbocycles. The molecule has 0 aliphatic heterocycles. The number of carbonyl (C=O) groups excluding carboxylic acids is 2. The van der Waals surface area contributed by atoms with E-state index in [0.717, 1.165) is 6.07 Å². The lowest BCUT2D eigenvalue weighted by atomic mass is 10.2. The maximum absolute atomic E-state index is 13.8. The van der Waals surface area contributed by atoms with Gasteiger partial charge in [0, 0.05) is 31.5 Å². The van der Waals surface area contributed by atoms with Crippen LogP contribution in [0.15, 0.2) is 64.5 Å². The summed E-state index contributed by atoms with van der Waals surface area (Å²) in [6.07, 6.45) is 2.08. The molecule has 36 heavy (non-hydrogen) atoms. The fourth-order valence-corrected chi connectivity index (χ4v) is 3.82. The van der Waals surface area contributed by atoms with Crippen LogP contribution in [0.3, 0.4) is 0 Å². The number of rotatable bonds is 8. The zero-order valence-corrected chi connectivity index (χ0v) is 19.9. The Morgan fingerprint density at radius 2 is 1.92 bits per heavy atom. The van der Waals surface area contributed by atoms with E-state index in [1.165, 1.54) is 28.7 Å². The number of hydrogen-bond donors (Lipinski definition) is 0. The minimum Gasteiger partial charge on any atom is -0.462 e. The number of pyridine rings is 2. The van der Waals surface area contributed by atoms with E-state index in [1.807, 2.05) is 6.92 Å². The second-order valence-electron chi connectivity index (χ2n) is 7.81. The Kier molecular flexibility index (Phi) is 7.65. The Bertz CT molecular complexity index is 1570. The van der Waals surface area contributed by atoms with Gasteiger partial charge in [-0.2, -0.15) is 4.99 Å². The molecule has 1 amide bonds. The van der Waals surface area contributed by atoms with Gasteiger partial charge in [0.1, 0.15) is 22.7 Å². The van der Waals surface area contributed by atoms with Crippen LogP contribution in [0.5, 0.6) is 0 Å². The highest BCUT2D eigenvalue weighted by Crippen LogP contribution is 2.13. The molecular formula is C26H25FN4O5. The highest BCUT2D eigenvalue weighted by Gasteiger charge is 2.20. The second-order valence-corrected chi connectivity index (χ2v) is 7.81. The van der Waals surface area contributed by atoms with E-state index in [0.29, 0.717) is 25.3 Å². The van der Waals surface area contributed by atoms with Gasteiger partial charge in [0.05, 0.1) is 12.0 Å². The van der Waals surface area contributed by atoms with Gasteiger partial charge in [0.25, 0.3) is 11.5 Å². The summed E-state index contributed by atoms with van der Waals surface area (Å²) in [5, 5.41) is 0.162. The van der Waals surface area contributed by atoms with E-state index < -0.39 is 17.7 Å². The van der Waals surface area contributed by atoms with Crippen molar-refractivity contribution in [2.24, 2.45) is 4.99 Å². The zero-order valence-electron chi connectivity index (χ0n) is 19.9. The summed E-state index contributed by atoms with van der Waals surface area (Å²) in [6, 6.07) is 11.6. The molecule has 0 bridgehead atoms. The minimum absolute atomic E-state index is 0.0114. The summed E-state index contributed by atoms with van der Waals surface area (Å²) in [7, 11) is 0. The Morgan fingerprint density at radius 3 is 2.67 bits per heavy atom. The number of halogens is 1. The fraction of sp³-hybridized carbons (Fsp3) is 0.269. The maximum Gasteiger partial charge on any atom is 0.341 e. The first-order valence-corrected chi connectivity index (χ1v) is 11.6. The molecule has 0 N–H and O–H groups in total. The minimum atomic E-state index is -0.754. The molecule has 10 heteroatoms. The Labute approximate surface area is 205 Å². The third-order valence-electron chi connectivity index (χ3n) is 5.44. The lowest BCUT2D eigenvalue weighted by Gasteiger charge is -2.15. The van der Waals surface area contributed by atoms with E-state index in [2.05, 4.69) is 9.98 Å².